The fourth-order valence-electron chi connectivity index (χ4n) is 7.03. The lowest BCUT2D eigenvalue weighted by Gasteiger charge is -2.57. The number of rotatable bonds is 1. The van der Waals surface area contributed by atoms with Gasteiger partial charge in [0.05, 0.1) is 6.10 Å². The van der Waals surface area contributed by atoms with Gasteiger partial charge in [-0.15, -0.1) is 6.42 Å². The molecule has 2 N–H and O–H groups in total. The lowest BCUT2D eigenvalue weighted by molar-refractivity contribution is -0.0794. The molecule has 0 bridgehead atoms. The van der Waals surface area contributed by atoms with Crippen molar-refractivity contribution in [1.82, 2.24) is 0 Å². The average Bonchev–Trinajstić information content (AvgIpc) is 2.88. The van der Waals surface area contributed by atoms with Crippen molar-refractivity contribution in [2.75, 3.05) is 0 Å². The Labute approximate surface area is 146 Å². The molecule has 3 fully saturated rings. The summed E-state index contributed by atoms with van der Waals surface area (Å²) in [5.74, 6) is 5.00. The molecule has 0 aromatic heterocycles. The Hall–Kier alpha value is -1.04. The molecule has 2 heteroatoms. The summed E-state index contributed by atoms with van der Waals surface area (Å²) >= 11 is 0. The van der Waals surface area contributed by atoms with Gasteiger partial charge in [0.1, 0.15) is 5.60 Å². The summed E-state index contributed by atoms with van der Waals surface area (Å²) in [6.07, 6.45) is 15.5. The van der Waals surface area contributed by atoms with Gasteiger partial charge in [-0.1, -0.05) is 36.6 Å². The highest BCUT2D eigenvalue weighted by molar-refractivity contribution is 5.32. The largest absolute Gasteiger partial charge is 0.389 e. The van der Waals surface area contributed by atoms with Crippen molar-refractivity contribution >= 4 is 0 Å². The monoisotopic (exact) mass is 326 g/mol. The number of hydrogen-bond donors (Lipinski definition) is 2. The Kier molecular flexibility index (Phi) is 3.75. The van der Waals surface area contributed by atoms with E-state index in [0.717, 1.165) is 51.4 Å². The molecule has 0 spiro atoms. The van der Waals surface area contributed by atoms with Gasteiger partial charge in [0.15, 0.2) is 0 Å². The van der Waals surface area contributed by atoms with E-state index < -0.39 is 5.60 Å². The summed E-state index contributed by atoms with van der Waals surface area (Å²) in [6, 6.07) is 0. The van der Waals surface area contributed by atoms with E-state index in [2.05, 4.69) is 25.5 Å². The van der Waals surface area contributed by atoms with Crippen molar-refractivity contribution in [3.63, 3.8) is 0 Å². The number of aliphatic hydroxyl groups excluding tert-OH is 1. The predicted octanol–water partition coefficient (Wildman–Crippen LogP) is 3.84. The van der Waals surface area contributed by atoms with E-state index in [0.29, 0.717) is 23.7 Å². The molecule has 0 radical (unpaired) electrons. The van der Waals surface area contributed by atoms with Crippen LogP contribution in [0, 0.1) is 41.4 Å². The number of allylic oxidation sites excluding steroid dienone is 2. The smallest absolute Gasteiger partial charge is 0.131 e. The summed E-state index contributed by atoms with van der Waals surface area (Å²) in [6.45, 7) is 6.69. The minimum absolute atomic E-state index is 0.171. The molecule has 7 atom stereocenters. The fourth-order valence-corrected chi connectivity index (χ4v) is 7.03. The van der Waals surface area contributed by atoms with E-state index in [1.54, 1.807) is 0 Å². The number of terminal acetylenes is 1. The first-order chi connectivity index (χ1) is 11.5. The quantitative estimate of drug-likeness (QED) is 0.568. The zero-order valence-electron chi connectivity index (χ0n) is 14.8. The second-order valence-corrected chi connectivity index (χ2v) is 8.72. The van der Waals surface area contributed by atoms with Crippen molar-refractivity contribution < 1.29 is 10.2 Å². The van der Waals surface area contributed by atoms with Gasteiger partial charge in [-0.2, -0.15) is 0 Å². The highest BCUT2D eigenvalue weighted by atomic mass is 16.3. The van der Waals surface area contributed by atoms with Gasteiger partial charge in [-0.3, -0.25) is 0 Å². The standard InChI is InChI=1S/C22H30O2/c1-4-21-13-14(3)20-17-9-7-16(23)12-15(17)6-8-18(20)19(21)10-11-22(21,24)5-2/h2,12,16-20,23-24H,3-4,6-11,13H2,1H3/t16-,17-,18-,19-,20+,21-,22-/m0/s1. The highest BCUT2D eigenvalue weighted by Gasteiger charge is 2.64. The van der Waals surface area contributed by atoms with E-state index in [4.69, 9.17) is 6.42 Å². The van der Waals surface area contributed by atoms with Crippen LogP contribution in [0.3, 0.4) is 0 Å². The first kappa shape index (κ1) is 16.4. The normalized spacial score (nSPS) is 50.3. The van der Waals surface area contributed by atoms with Crippen molar-refractivity contribution in [2.45, 2.75) is 70.0 Å². The van der Waals surface area contributed by atoms with Crippen LogP contribution in [0.25, 0.3) is 0 Å². The second kappa shape index (κ2) is 5.48. The van der Waals surface area contributed by atoms with E-state index in [1.807, 2.05) is 0 Å². The van der Waals surface area contributed by atoms with E-state index in [1.165, 1.54) is 11.1 Å². The minimum atomic E-state index is -0.959. The molecule has 130 valence electrons. The summed E-state index contributed by atoms with van der Waals surface area (Å²) in [5.41, 5.74) is 1.64. The maximum absolute atomic E-state index is 11.2. The molecule has 0 unspecified atom stereocenters. The van der Waals surface area contributed by atoms with Gasteiger partial charge in [0.25, 0.3) is 0 Å². The first-order valence-electron chi connectivity index (χ1n) is 9.72. The van der Waals surface area contributed by atoms with E-state index in [9.17, 15) is 10.2 Å². The molecule has 0 aromatic carbocycles. The van der Waals surface area contributed by atoms with E-state index in [-0.39, 0.29) is 11.5 Å². The van der Waals surface area contributed by atoms with Crippen LogP contribution in [0.5, 0.6) is 0 Å². The highest BCUT2D eigenvalue weighted by Crippen LogP contribution is 2.67. The maximum atomic E-state index is 11.2. The third-order valence-electron chi connectivity index (χ3n) is 8.07. The third-order valence-corrected chi connectivity index (χ3v) is 8.07. The molecule has 0 saturated heterocycles. The lowest BCUT2D eigenvalue weighted by atomic mass is 9.48. The lowest BCUT2D eigenvalue weighted by Crippen LogP contribution is -2.54. The molecular formula is C22H30O2. The maximum Gasteiger partial charge on any atom is 0.131 e. The molecule has 3 saturated carbocycles. The van der Waals surface area contributed by atoms with E-state index >= 15 is 0 Å². The summed E-state index contributed by atoms with van der Waals surface area (Å²) < 4.78 is 0. The zero-order valence-corrected chi connectivity index (χ0v) is 14.8. The van der Waals surface area contributed by atoms with Gasteiger partial charge < -0.3 is 10.2 Å². The Morgan fingerprint density at radius 2 is 2.12 bits per heavy atom. The summed E-state index contributed by atoms with van der Waals surface area (Å²) in [4.78, 5) is 0. The minimum Gasteiger partial charge on any atom is -0.389 e. The topological polar surface area (TPSA) is 40.5 Å². The molecular weight excluding hydrogens is 296 g/mol. The van der Waals surface area contributed by atoms with Crippen molar-refractivity contribution in [2.24, 2.45) is 29.1 Å². The van der Waals surface area contributed by atoms with Crippen LogP contribution in [0.4, 0.5) is 0 Å². The summed E-state index contributed by atoms with van der Waals surface area (Å²) in [5, 5.41) is 21.2. The first-order valence-corrected chi connectivity index (χ1v) is 9.72. The molecule has 0 aromatic rings. The molecule has 0 heterocycles. The van der Waals surface area contributed by atoms with Crippen molar-refractivity contribution in [3.8, 4) is 12.3 Å². The van der Waals surface area contributed by atoms with Gasteiger partial charge in [-0.05, 0) is 75.0 Å². The Morgan fingerprint density at radius 1 is 1.33 bits per heavy atom. The predicted molar refractivity (Wildman–Crippen MR) is 96.0 cm³/mol. The van der Waals surface area contributed by atoms with Gasteiger partial charge >= 0.3 is 0 Å². The molecule has 4 aliphatic rings. The fraction of sp³-hybridized carbons (Fsp3) is 0.727. The number of aliphatic hydroxyl groups is 2. The zero-order chi connectivity index (χ0) is 17.1. The van der Waals surface area contributed by atoms with Crippen molar-refractivity contribution in [1.29, 1.82) is 0 Å². The van der Waals surface area contributed by atoms with Crippen LogP contribution in [-0.4, -0.2) is 21.9 Å². The number of fused-ring (bicyclic) bond motifs is 5. The van der Waals surface area contributed by atoms with Crippen LogP contribution in [-0.2, 0) is 0 Å². The molecule has 4 rings (SSSR count). The number of hydrogen-bond acceptors (Lipinski definition) is 2. The Morgan fingerprint density at radius 3 is 2.83 bits per heavy atom. The molecule has 2 nitrogen and oxygen atoms in total. The van der Waals surface area contributed by atoms with Crippen LogP contribution in [0.15, 0.2) is 23.8 Å². The van der Waals surface area contributed by atoms with Gasteiger partial charge in [0, 0.05) is 5.41 Å². The Bertz CT molecular complexity index is 626. The van der Waals surface area contributed by atoms with Crippen LogP contribution < -0.4 is 0 Å². The Balaban J connectivity index is 1.73. The molecule has 4 aliphatic carbocycles. The molecule has 24 heavy (non-hydrogen) atoms. The van der Waals surface area contributed by atoms with Crippen molar-refractivity contribution in [3.05, 3.63) is 23.8 Å². The third kappa shape index (κ3) is 1.98. The second-order valence-electron chi connectivity index (χ2n) is 8.72. The van der Waals surface area contributed by atoms with Gasteiger partial charge in [-0.25, -0.2) is 0 Å². The molecule has 0 aliphatic heterocycles. The van der Waals surface area contributed by atoms with Gasteiger partial charge in [0.2, 0.25) is 0 Å². The van der Waals surface area contributed by atoms with Crippen LogP contribution in [0.1, 0.15) is 58.3 Å². The van der Waals surface area contributed by atoms with Crippen LogP contribution in [0.2, 0.25) is 0 Å². The SMILES string of the molecule is C#C[C@]1(O)CC[C@H]2[C@@H]3CCC4=C[C@@H](O)CC[C@@H]4[C@H]3C(=C)C[C@@]21CC. The average molecular weight is 326 g/mol. The van der Waals surface area contributed by atoms with Crippen LogP contribution >= 0.6 is 0 Å². The molecule has 0 amide bonds. The summed E-state index contributed by atoms with van der Waals surface area (Å²) in [7, 11) is 0.